The normalized spacial score (nSPS) is 17.5. The van der Waals surface area contributed by atoms with E-state index in [-0.39, 0.29) is 28.6 Å². The van der Waals surface area contributed by atoms with Crippen LogP contribution in [0.15, 0.2) is 89.8 Å². The van der Waals surface area contributed by atoms with E-state index in [0.717, 1.165) is 24.1 Å². The number of likely N-dealkylation sites (N-methyl/N-ethyl adjacent to an activating group) is 1. The van der Waals surface area contributed by atoms with Gasteiger partial charge in [0, 0.05) is 17.3 Å². The average molecular weight is 764 g/mol. The minimum Gasteiger partial charge on any atom is -0.508 e. The van der Waals surface area contributed by atoms with Crippen molar-refractivity contribution in [2.75, 3.05) is 53.9 Å². The highest BCUT2D eigenvalue weighted by molar-refractivity contribution is 7.87. The Morgan fingerprint density at radius 3 is 2.07 bits per heavy atom. The van der Waals surface area contributed by atoms with Crippen LogP contribution in [-0.2, 0) is 27.9 Å². The Morgan fingerprint density at radius 2 is 1.44 bits per heavy atom. The Labute approximate surface area is 315 Å². The summed E-state index contributed by atoms with van der Waals surface area (Å²) in [5.74, 6) is 1.36. The van der Waals surface area contributed by atoms with Crippen molar-refractivity contribution in [1.82, 2.24) is 4.90 Å². The van der Waals surface area contributed by atoms with Gasteiger partial charge in [-0.15, -0.1) is 0 Å². The van der Waals surface area contributed by atoms with Gasteiger partial charge in [0.25, 0.3) is 0 Å². The molecular weight excluding hydrogens is 717 g/mol. The van der Waals surface area contributed by atoms with E-state index >= 15 is 0 Å². The first kappa shape index (κ1) is 39.7. The molecule has 4 aromatic carbocycles. The molecular formula is C39H47N4O10S+. The zero-order valence-electron chi connectivity index (χ0n) is 31.0. The summed E-state index contributed by atoms with van der Waals surface area (Å²) in [6, 6.07) is 19.8. The third-order valence-electron chi connectivity index (χ3n) is 9.38. The minimum atomic E-state index is -4.24. The molecule has 1 fully saturated rings. The Balaban J connectivity index is 1.36. The molecule has 1 unspecified atom stereocenters. The van der Waals surface area contributed by atoms with Crippen LogP contribution < -0.4 is 34.2 Å². The summed E-state index contributed by atoms with van der Waals surface area (Å²) in [5.41, 5.74) is 8.53. The molecule has 0 spiro atoms. The van der Waals surface area contributed by atoms with Crippen LogP contribution in [0.25, 0.3) is 0 Å². The van der Waals surface area contributed by atoms with Crippen molar-refractivity contribution in [1.29, 1.82) is 0 Å². The predicted molar refractivity (Wildman–Crippen MR) is 202 cm³/mol. The molecule has 0 aromatic heterocycles. The minimum absolute atomic E-state index is 0.00199. The summed E-state index contributed by atoms with van der Waals surface area (Å²) >= 11 is 0. The molecule has 54 heavy (non-hydrogen) atoms. The van der Waals surface area contributed by atoms with Gasteiger partial charge in [-0.25, -0.2) is 4.79 Å². The zero-order chi connectivity index (χ0) is 39.0. The fraction of sp³-hybridized carbons (Fsp3) is 0.333. The molecule has 4 aromatic rings. The van der Waals surface area contributed by atoms with Crippen molar-refractivity contribution >= 4 is 27.7 Å². The fourth-order valence-electron chi connectivity index (χ4n) is 6.70. The van der Waals surface area contributed by atoms with Crippen LogP contribution in [0, 0.1) is 0 Å². The first-order chi connectivity index (χ1) is 25.8. The maximum atomic E-state index is 14.2. The van der Waals surface area contributed by atoms with Crippen molar-refractivity contribution in [2.24, 2.45) is 5.73 Å². The van der Waals surface area contributed by atoms with Crippen molar-refractivity contribution < 1.29 is 50.7 Å². The number of hydrogen-bond acceptors (Lipinski definition) is 11. The van der Waals surface area contributed by atoms with Crippen molar-refractivity contribution in [3.8, 4) is 34.5 Å². The Bertz CT molecular complexity index is 2040. The number of nitrogens with two attached hydrogens (primary N) is 1. The Kier molecular flexibility index (Phi) is 12.6. The number of ether oxygens (including phenoxy) is 4. The summed E-state index contributed by atoms with van der Waals surface area (Å²) in [6.07, 6.45) is 1.47. The van der Waals surface area contributed by atoms with E-state index < -0.39 is 34.1 Å². The number of carbonyl (C=O) groups excluding carboxylic acids is 2. The summed E-state index contributed by atoms with van der Waals surface area (Å²) in [5, 5.41) is 12.5. The van der Waals surface area contributed by atoms with E-state index in [1.807, 2.05) is 18.2 Å². The highest BCUT2D eigenvalue weighted by Crippen LogP contribution is 2.33. The lowest BCUT2D eigenvalue weighted by molar-refractivity contribution is -0.928. The quantitative estimate of drug-likeness (QED) is 0.117. The number of benzene rings is 4. The topological polar surface area (TPSA) is 176 Å². The second-order valence-electron chi connectivity index (χ2n) is 13.4. The first-order valence-corrected chi connectivity index (χ1v) is 18.7. The molecule has 0 aliphatic carbocycles. The molecule has 3 amide bonds. The molecule has 0 bridgehead atoms. The van der Waals surface area contributed by atoms with E-state index in [0.29, 0.717) is 46.9 Å². The number of amides is 3. The molecule has 1 aliphatic heterocycles. The Hall–Kier alpha value is -5.51. The van der Waals surface area contributed by atoms with Gasteiger partial charge >= 0.3 is 16.1 Å². The van der Waals surface area contributed by atoms with Gasteiger partial charge in [0.2, 0.25) is 5.91 Å². The largest absolute Gasteiger partial charge is 0.508 e. The number of aromatic hydroxyl groups is 1. The SMILES string of the molecule is COc1ccc(C[N+]2(C)CCC[C@H](N(C(=O)Nc3ccc(OS(=O)(=O)c4ccc(OC)c(OC)c4)cc3)C(=O)[C@@H](N)Cc3ccc(O)cc3)C2)cc1OC. The monoisotopic (exact) mass is 763 g/mol. The zero-order valence-corrected chi connectivity index (χ0v) is 31.8. The fourth-order valence-corrected chi connectivity index (χ4v) is 7.64. The number of likely N-dealkylation sites (tertiary alicyclic amines) is 1. The number of hydrogen-bond donors (Lipinski definition) is 3. The third kappa shape index (κ3) is 9.53. The number of piperidine rings is 1. The molecule has 4 N–H and O–H groups in total. The first-order valence-electron chi connectivity index (χ1n) is 17.3. The number of methoxy groups -OCH3 is 4. The van der Waals surface area contributed by atoms with Crippen molar-refractivity contribution in [3.05, 3.63) is 96.1 Å². The van der Waals surface area contributed by atoms with Gasteiger partial charge in [-0.3, -0.25) is 9.69 Å². The number of phenols is 1. The van der Waals surface area contributed by atoms with Gasteiger partial charge in [-0.1, -0.05) is 12.1 Å². The van der Waals surface area contributed by atoms with E-state index in [4.69, 9.17) is 28.9 Å². The molecule has 1 heterocycles. The summed E-state index contributed by atoms with van der Waals surface area (Å²) in [6.45, 7) is 1.91. The van der Waals surface area contributed by atoms with Crippen LogP contribution in [0.3, 0.4) is 0 Å². The number of nitrogens with zero attached hydrogens (tertiary/aromatic N) is 2. The number of rotatable bonds is 14. The maximum absolute atomic E-state index is 14.2. The molecule has 5 rings (SSSR count). The lowest BCUT2D eigenvalue weighted by Crippen LogP contribution is -2.62. The number of phenolic OH excluding ortho intramolecular Hbond substituents is 1. The van der Waals surface area contributed by atoms with E-state index in [1.54, 1.807) is 26.4 Å². The lowest BCUT2D eigenvalue weighted by atomic mass is 9.98. The van der Waals surface area contributed by atoms with Gasteiger partial charge in [-0.05, 0) is 91.6 Å². The number of urea groups is 1. The smallest absolute Gasteiger partial charge is 0.339 e. The number of nitrogens with one attached hydrogen (secondary N) is 1. The summed E-state index contributed by atoms with van der Waals surface area (Å²) in [7, 11) is 3.85. The molecule has 3 atom stereocenters. The maximum Gasteiger partial charge on any atom is 0.339 e. The van der Waals surface area contributed by atoms with Gasteiger partial charge in [0.05, 0.1) is 54.1 Å². The Morgan fingerprint density at radius 1 is 0.852 bits per heavy atom. The number of quaternary nitrogens is 1. The average Bonchev–Trinajstić information content (AvgIpc) is 3.15. The van der Waals surface area contributed by atoms with Gasteiger partial charge in [-0.2, -0.15) is 8.42 Å². The highest BCUT2D eigenvalue weighted by Gasteiger charge is 2.41. The second-order valence-corrected chi connectivity index (χ2v) is 14.9. The van der Waals surface area contributed by atoms with Gasteiger partial charge < -0.3 is 43.8 Å². The summed E-state index contributed by atoms with van der Waals surface area (Å²) in [4.78, 5) is 29.3. The van der Waals surface area contributed by atoms with Crippen molar-refractivity contribution in [3.63, 3.8) is 0 Å². The standard InChI is InChI=1S/C39H46N4O10S/c1-43(24-27-10-18-34(49-2)36(22-27)51-4)20-6-7-29(25-43)42(38(45)33(40)21-26-8-13-30(44)14-9-26)39(46)41-28-11-15-31(16-12-28)53-54(47,48)32-17-19-35(50-3)37(23-32)52-5/h8-19,22-23,29,33H,6-7,20-21,24-25,40H2,1-5H3,(H-,41,44,46)/p+1/t29-,33-,43?/m0/s1. The molecule has 0 saturated carbocycles. The van der Waals surface area contributed by atoms with E-state index in [9.17, 15) is 23.1 Å². The molecule has 1 aliphatic rings. The van der Waals surface area contributed by atoms with Crippen LogP contribution in [0.1, 0.15) is 24.0 Å². The summed E-state index contributed by atoms with van der Waals surface area (Å²) < 4.78 is 53.3. The van der Waals surface area contributed by atoms with Gasteiger partial charge in [0.15, 0.2) is 23.0 Å². The van der Waals surface area contributed by atoms with Crippen LogP contribution in [0.2, 0.25) is 0 Å². The molecule has 1 saturated heterocycles. The van der Waals surface area contributed by atoms with Crippen LogP contribution in [0.5, 0.6) is 34.5 Å². The molecule has 15 heteroatoms. The molecule has 0 radical (unpaired) electrons. The lowest BCUT2D eigenvalue weighted by Gasteiger charge is -2.44. The highest BCUT2D eigenvalue weighted by atomic mass is 32.2. The van der Waals surface area contributed by atoms with Crippen LogP contribution >= 0.6 is 0 Å². The second kappa shape index (κ2) is 17.1. The molecule has 288 valence electrons. The third-order valence-corrected chi connectivity index (χ3v) is 10.6. The van der Waals surface area contributed by atoms with E-state index in [1.165, 1.54) is 73.7 Å². The van der Waals surface area contributed by atoms with E-state index in [2.05, 4.69) is 12.4 Å². The van der Waals surface area contributed by atoms with Crippen molar-refractivity contribution in [2.45, 2.75) is 42.8 Å². The number of imide groups is 1. The van der Waals surface area contributed by atoms with Crippen LogP contribution in [0.4, 0.5) is 10.5 Å². The number of anilines is 1. The van der Waals surface area contributed by atoms with Crippen LogP contribution in [-0.4, -0.2) is 95.5 Å². The number of carbonyl (C=O) groups is 2. The van der Waals surface area contributed by atoms with Gasteiger partial charge in [0.1, 0.15) is 29.5 Å². The predicted octanol–water partition coefficient (Wildman–Crippen LogP) is 4.93. The molecule has 14 nitrogen and oxygen atoms in total.